The first-order chi connectivity index (χ1) is 8.06. The number of hydrogen-bond acceptors (Lipinski definition) is 3. The molecule has 17 heavy (non-hydrogen) atoms. The van der Waals surface area contributed by atoms with E-state index >= 15 is 0 Å². The lowest BCUT2D eigenvalue weighted by Crippen LogP contribution is -2.41. The van der Waals surface area contributed by atoms with Crippen LogP contribution >= 0.6 is 0 Å². The third kappa shape index (κ3) is 4.04. The van der Waals surface area contributed by atoms with E-state index in [9.17, 15) is 4.79 Å². The van der Waals surface area contributed by atoms with Crippen LogP contribution in [-0.2, 0) is 14.3 Å². The summed E-state index contributed by atoms with van der Waals surface area (Å²) in [5.41, 5.74) is 1.03. The largest absolute Gasteiger partial charge is 0.491 e. The molecule has 0 spiro atoms. The summed E-state index contributed by atoms with van der Waals surface area (Å²) < 4.78 is 10.5. The Morgan fingerprint density at radius 1 is 1.35 bits per heavy atom. The number of amides is 1. The van der Waals surface area contributed by atoms with E-state index in [1.165, 1.54) is 0 Å². The quantitative estimate of drug-likeness (QED) is 0.556. The third-order valence-electron chi connectivity index (χ3n) is 2.80. The summed E-state index contributed by atoms with van der Waals surface area (Å²) in [6, 6.07) is 0. The SMILES string of the molecule is CO/C(C(=O)N1CCOCC1)=C(\C)CC(C)C. The zero-order chi connectivity index (χ0) is 12.8. The smallest absolute Gasteiger partial charge is 0.288 e. The van der Waals surface area contributed by atoms with Gasteiger partial charge in [0.1, 0.15) is 0 Å². The molecular formula is C13H23NO3. The predicted octanol–water partition coefficient (Wildman–Crippen LogP) is 1.81. The average Bonchev–Trinajstić information content (AvgIpc) is 2.30. The molecule has 0 unspecified atom stereocenters. The molecule has 0 N–H and O–H groups in total. The molecule has 0 atom stereocenters. The second-order valence-corrected chi connectivity index (χ2v) is 4.82. The highest BCUT2D eigenvalue weighted by Crippen LogP contribution is 2.17. The Morgan fingerprint density at radius 3 is 2.41 bits per heavy atom. The fraction of sp³-hybridized carbons (Fsp3) is 0.769. The molecule has 1 aliphatic rings. The minimum absolute atomic E-state index is 0.00560. The van der Waals surface area contributed by atoms with E-state index in [2.05, 4.69) is 13.8 Å². The third-order valence-corrected chi connectivity index (χ3v) is 2.80. The van der Waals surface area contributed by atoms with Gasteiger partial charge in [-0.25, -0.2) is 0 Å². The number of ether oxygens (including phenoxy) is 2. The number of hydrogen-bond donors (Lipinski definition) is 0. The van der Waals surface area contributed by atoms with Crippen LogP contribution in [0, 0.1) is 5.92 Å². The Morgan fingerprint density at radius 2 is 1.94 bits per heavy atom. The van der Waals surface area contributed by atoms with Gasteiger partial charge in [0, 0.05) is 13.1 Å². The molecule has 0 radical (unpaired) electrons. The molecule has 4 nitrogen and oxygen atoms in total. The molecule has 0 aromatic carbocycles. The van der Waals surface area contributed by atoms with Gasteiger partial charge in [-0.1, -0.05) is 13.8 Å². The Labute approximate surface area is 104 Å². The van der Waals surface area contributed by atoms with E-state index in [1.54, 1.807) is 12.0 Å². The first-order valence-electron chi connectivity index (χ1n) is 6.17. The van der Waals surface area contributed by atoms with Crippen molar-refractivity contribution in [3.8, 4) is 0 Å². The van der Waals surface area contributed by atoms with E-state index in [4.69, 9.17) is 9.47 Å². The molecule has 1 aliphatic heterocycles. The molecule has 0 bridgehead atoms. The highest BCUT2D eigenvalue weighted by molar-refractivity contribution is 5.92. The number of methoxy groups -OCH3 is 1. The highest BCUT2D eigenvalue weighted by atomic mass is 16.5. The van der Waals surface area contributed by atoms with E-state index in [0.29, 0.717) is 38.0 Å². The van der Waals surface area contributed by atoms with Crippen molar-refractivity contribution in [2.75, 3.05) is 33.4 Å². The van der Waals surface area contributed by atoms with Crippen molar-refractivity contribution in [3.05, 3.63) is 11.3 Å². The van der Waals surface area contributed by atoms with E-state index in [1.807, 2.05) is 6.92 Å². The lowest BCUT2D eigenvalue weighted by Gasteiger charge is -2.28. The van der Waals surface area contributed by atoms with Crippen LogP contribution in [-0.4, -0.2) is 44.2 Å². The van der Waals surface area contributed by atoms with Crippen molar-refractivity contribution in [1.29, 1.82) is 0 Å². The molecule has 4 heteroatoms. The van der Waals surface area contributed by atoms with Crippen molar-refractivity contribution >= 4 is 5.91 Å². The topological polar surface area (TPSA) is 38.8 Å². The lowest BCUT2D eigenvalue weighted by molar-refractivity contribution is -0.134. The lowest BCUT2D eigenvalue weighted by atomic mass is 10.0. The number of morpholine rings is 1. The number of allylic oxidation sites excluding steroid dienone is 1. The van der Waals surface area contributed by atoms with E-state index < -0.39 is 0 Å². The Hall–Kier alpha value is -1.03. The summed E-state index contributed by atoms with van der Waals surface area (Å²) >= 11 is 0. The van der Waals surface area contributed by atoms with Gasteiger partial charge in [-0.15, -0.1) is 0 Å². The summed E-state index contributed by atoms with van der Waals surface area (Å²) in [6.45, 7) is 8.78. The zero-order valence-corrected chi connectivity index (χ0v) is 11.3. The maximum Gasteiger partial charge on any atom is 0.288 e. The molecule has 0 aromatic heterocycles. The van der Waals surface area contributed by atoms with Gasteiger partial charge in [-0.3, -0.25) is 4.79 Å². The van der Waals surface area contributed by atoms with Gasteiger partial charge in [0.25, 0.3) is 5.91 Å². The molecule has 1 heterocycles. The van der Waals surface area contributed by atoms with Crippen molar-refractivity contribution in [2.24, 2.45) is 5.92 Å². The average molecular weight is 241 g/mol. The van der Waals surface area contributed by atoms with Gasteiger partial charge in [-0.2, -0.15) is 0 Å². The standard InChI is InChI=1S/C13H23NO3/c1-10(2)9-11(3)12(16-4)13(15)14-5-7-17-8-6-14/h10H,5-9H2,1-4H3/b12-11+. The van der Waals surface area contributed by atoms with Gasteiger partial charge in [-0.05, 0) is 24.8 Å². The second-order valence-electron chi connectivity index (χ2n) is 4.82. The minimum atomic E-state index is -0.00560. The van der Waals surface area contributed by atoms with Crippen LogP contribution in [0.3, 0.4) is 0 Å². The molecule has 1 rings (SSSR count). The fourth-order valence-corrected chi connectivity index (χ4v) is 2.06. The number of nitrogens with zero attached hydrogens (tertiary/aromatic N) is 1. The fourth-order valence-electron chi connectivity index (χ4n) is 2.06. The van der Waals surface area contributed by atoms with Crippen LogP contribution in [0.2, 0.25) is 0 Å². The van der Waals surface area contributed by atoms with Crippen LogP contribution in [0.1, 0.15) is 27.2 Å². The van der Waals surface area contributed by atoms with Crippen LogP contribution in [0.15, 0.2) is 11.3 Å². The van der Waals surface area contributed by atoms with Gasteiger partial charge < -0.3 is 14.4 Å². The molecule has 1 fully saturated rings. The summed E-state index contributed by atoms with van der Waals surface area (Å²) in [7, 11) is 1.57. The number of carbonyl (C=O) groups excluding carboxylic acids is 1. The van der Waals surface area contributed by atoms with Gasteiger partial charge in [0.05, 0.1) is 20.3 Å². The molecular weight excluding hydrogens is 218 g/mol. The summed E-state index contributed by atoms with van der Waals surface area (Å²) in [6.07, 6.45) is 0.888. The molecule has 0 aromatic rings. The maximum absolute atomic E-state index is 12.2. The first kappa shape index (κ1) is 14.0. The number of carbonyl (C=O) groups is 1. The molecule has 0 saturated carbocycles. The molecule has 98 valence electrons. The van der Waals surface area contributed by atoms with Crippen LogP contribution in [0.4, 0.5) is 0 Å². The Bertz CT molecular complexity index is 291. The summed E-state index contributed by atoms with van der Waals surface area (Å²) in [4.78, 5) is 14.0. The second kappa shape index (κ2) is 6.64. The highest BCUT2D eigenvalue weighted by Gasteiger charge is 2.23. The van der Waals surface area contributed by atoms with Gasteiger partial charge in [0.15, 0.2) is 5.76 Å². The Balaban J connectivity index is 2.74. The van der Waals surface area contributed by atoms with Gasteiger partial charge >= 0.3 is 0 Å². The Kier molecular flexibility index (Phi) is 5.48. The molecule has 1 saturated heterocycles. The maximum atomic E-state index is 12.2. The minimum Gasteiger partial charge on any atom is -0.491 e. The number of rotatable bonds is 4. The van der Waals surface area contributed by atoms with E-state index in [-0.39, 0.29) is 5.91 Å². The van der Waals surface area contributed by atoms with E-state index in [0.717, 1.165) is 12.0 Å². The first-order valence-corrected chi connectivity index (χ1v) is 6.17. The normalized spacial score (nSPS) is 18.1. The zero-order valence-electron chi connectivity index (χ0n) is 11.3. The summed E-state index contributed by atoms with van der Waals surface area (Å²) in [5, 5.41) is 0. The van der Waals surface area contributed by atoms with Crippen LogP contribution < -0.4 is 0 Å². The van der Waals surface area contributed by atoms with Crippen molar-refractivity contribution in [3.63, 3.8) is 0 Å². The molecule has 0 aliphatic carbocycles. The van der Waals surface area contributed by atoms with Crippen molar-refractivity contribution in [1.82, 2.24) is 4.90 Å². The van der Waals surface area contributed by atoms with Crippen molar-refractivity contribution < 1.29 is 14.3 Å². The van der Waals surface area contributed by atoms with Crippen LogP contribution in [0.5, 0.6) is 0 Å². The summed E-state index contributed by atoms with van der Waals surface area (Å²) in [5.74, 6) is 1.02. The molecule has 1 amide bonds. The van der Waals surface area contributed by atoms with Crippen LogP contribution in [0.25, 0.3) is 0 Å². The van der Waals surface area contributed by atoms with Gasteiger partial charge in [0.2, 0.25) is 0 Å². The van der Waals surface area contributed by atoms with Crippen molar-refractivity contribution in [2.45, 2.75) is 27.2 Å². The monoisotopic (exact) mass is 241 g/mol. The predicted molar refractivity (Wildman–Crippen MR) is 66.6 cm³/mol.